The zero-order chi connectivity index (χ0) is 12.8. The minimum Gasteiger partial charge on any atom is -0.315 e. The van der Waals surface area contributed by atoms with Crippen LogP contribution in [0.25, 0.3) is 0 Å². The van der Waals surface area contributed by atoms with Crippen LogP contribution in [0.5, 0.6) is 0 Å². The average Bonchev–Trinajstić information content (AvgIpc) is 3.05. The first kappa shape index (κ1) is 14.0. The molecule has 0 aliphatic heterocycles. The third kappa shape index (κ3) is 5.09. The Hall–Kier alpha value is -0.380. The van der Waals surface area contributed by atoms with Gasteiger partial charge in [-0.05, 0) is 50.2 Å². The Morgan fingerprint density at radius 1 is 1.39 bits per heavy atom. The Morgan fingerprint density at radius 2 is 2.22 bits per heavy atom. The zero-order valence-corrected chi connectivity index (χ0v) is 12.5. The van der Waals surface area contributed by atoms with E-state index >= 15 is 0 Å². The van der Waals surface area contributed by atoms with E-state index in [1.54, 1.807) is 0 Å². The Bertz CT molecular complexity index is 317. The molecule has 0 aromatic carbocycles. The predicted octanol–water partition coefficient (Wildman–Crippen LogP) is 3.49. The van der Waals surface area contributed by atoms with E-state index in [1.165, 1.54) is 43.6 Å². The summed E-state index contributed by atoms with van der Waals surface area (Å²) in [5.74, 6) is 0. The van der Waals surface area contributed by atoms with Crippen LogP contribution in [0.1, 0.15) is 44.4 Å². The van der Waals surface area contributed by atoms with Crippen molar-refractivity contribution in [2.45, 2.75) is 58.2 Å². The van der Waals surface area contributed by atoms with Gasteiger partial charge in [-0.1, -0.05) is 19.9 Å². The summed E-state index contributed by atoms with van der Waals surface area (Å²) in [6.45, 7) is 8.03. The van der Waals surface area contributed by atoms with Gasteiger partial charge in [0.1, 0.15) is 0 Å². The maximum Gasteiger partial charge on any atom is 0.0330 e. The van der Waals surface area contributed by atoms with Crippen molar-refractivity contribution in [1.82, 2.24) is 10.2 Å². The zero-order valence-electron chi connectivity index (χ0n) is 11.7. The van der Waals surface area contributed by atoms with Crippen molar-refractivity contribution in [2.24, 2.45) is 0 Å². The van der Waals surface area contributed by atoms with Gasteiger partial charge in [0.15, 0.2) is 0 Å². The van der Waals surface area contributed by atoms with E-state index in [1.807, 2.05) is 11.3 Å². The molecule has 3 heteroatoms. The lowest BCUT2D eigenvalue weighted by Crippen LogP contribution is -2.28. The first-order valence-electron chi connectivity index (χ1n) is 7.25. The Balaban J connectivity index is 1.64. The van der Waals surface area contributed by atoms with E-state index in [2.05, 4.69) is 41.6 Å². The number of hydrogen-bond donors (Lipinski definition) is 1. The lowest BCUT2D eigenvalue weighted by Gasteiger charge is -2.21. The minimum atomic E-state index is 0.621. The van der Waals surface area contributed by atoms with Crippen molar-refractivity contribution in [3.8, 4) is 0 Å². The van der Waals surface area contributed by atoms with Crippen LogP contribution in [0, 0.1) is 0 Å². The van der Waals surface area contributed by atoms with E-state index < -0.39 is 0 Å². The highest BCUT2D eigenvalue weighted by Gasteiger charge is 2.28. The standard InChI is InChI=1S/C15H26N2S/c1-13(2)16-9-3-4-10-17(14-7-8-14)12-15-6-5-11-18-15/h5-6,11,13-14,16H,3-4,7-10,12H2,1-2H3. The fourth-order valence-electron chi connectivity index (χ4n) is 2.26. The summed E-state index contributed by atoms with van der Waals surface area (Å²) in [6, 6.07) is 5.93. The van der Waals surface area contributed by atoms with Crippen molar-refractivity contribution in [3.05, 3.63) is 22.4 Å². The summed E-state index contributed by atoms with van der Waals surface area (Å²) < 4.78 is 0. The molecule has 0 bridgehead atoms. The third-order valence-corrected chi connectivity index (χ3v) is 4.29. The molecule has 0 saturated heterocycles. The predicted molar refractivity (Wildman–Crippen MR) is 80.1 cm³/mol. The second-order valence-electron chi connectivity index (χ2n) is 5.60. The van der Waals surface area contributed by atoms with Gasteiger partial charge < -0.3 is 5.32 Å². The molecule has 1 aromatic heterocycles. The first-order valence-corrected chi connectivity index (χ1v) is 8.13. The Morgan fingerprint density at radius 3 is 2.83 bits per heavy atom. The van der Waals surface area contributed by atoms with Crippen molar-refractivity contribution in [2.75, 3.05) is 13.1 Å². The highest BCUT2D eigenvalue weighted by Crippen LogP contribution is 2.29. The monoisotopic (exact) mass is 266 g/mol. The summed E-state index contributed by atoms with van der Waals surface area (Å²) in [5, 5.41) is 5.68. The van der Waals surface area contributed by atoms with E-state index in [9.17, 15) is 0 Å². The molecule has 2 nitrogen and oxygen atoms in total. The van der Waals surface area contributed by atoms with Crippen LogP contribution in [0.2, 0.25) is 0 Å². The molecular formula is C15H26N2S. The van der Waals surface area contributed by atoms with Gasteiger partial charge in [0.2, 0.25) is 0 Å². The fraction of sp³-hybridized carbons (Fsp3) is 0.733. The third-order valence-electron chi connectivity index (χ3n) is 3.43. The molecule has 102 valence electrons. The maximum absolute atomic E-state index is 3.49. The van der Waals surface area contributed by atoms with Crippen LogP contribution in [0.15, 0.2) is 17.5 Å². The quantitative estimate of drug-likeness (QED) is 0.688. The molecular weight excluding hydrogens is 240 g/mol. The second-order valence-corrected chi connectivity index (χ2v) is 6.63. The molecule has 1 aliphatic rings. The van der Waals surface area contributed by atoms with Crippen LogP contribution in [-0.4, -0.2) is 30.1 Å². The lowest BCUT2D eigenvalue weighted by molar-refractivity contribution is 0.251. The lowest BCUT2D eigenvalue weighted by atomic mass is 10.2. The normalized spacial score (nSPS) is 15.8. The summed E-state index contributed by atoms with van der Waals surface area (Å²) in [7, 11) is 0. The van der Waals surface area contributed by atoms with Gasteiger partial charge in [0.25, 0.3) is 0 Å². The molecule has 0 amide bonds. The number of nitrogens with one attached hydrogen (secondary N) is 1. The molecule has 0 radical (unpaired) electrons. The highest BCUT2D eigenvalue weighted by atomic mass is 32.1. The molecule has 1 heterocycles. The van der Waals surface area contributed by atoms with Crippen molar-refractivity contribution in [1.29, 1.82) is 0 Å². The van der Waals surface area contributed by atoms with E-state index in [4.69, 9.17) is 0 Å². The molecule has 1 aromatic rings. The number of hydrogen-bond acceptors (Lipinski definition) is 3. The SMILES string of the molecule is CC(C)NCCCCN(Cc1cccs1)C1CC1. The van der Waals surface area contributed by atoms with Gasteiger partial charge in [-0.25, -0.2) is 0 Å². The molecule has 1 aliphatic carbocycles. The summed E-state index contributed by atoms with van der Waals surface area (Å²) in [6.07, 6.45) is 5.44. The van der Waals surface area contributed by atoms with E-state index in [-0.39, 0.29) is 0 Å². The minimum absolute atomic E-state index is 0.621. The largest absolute Gasteiger partial charge is 0.315 e. The summed E-state index contributed by atoms with van der Waals surface area (Å²) >= 11 is 1.89. The molecule has 0 unspecified atom stereocenters. The number of thiophene rings is 1. The molecule has 1 fully saturated rings. The molecule has 0 spiro atoms. The van der Waals surface area contributed by atoms with Gasteiger partial charge >= 0.3 is 0 Å². The highest BCUT2D eigenvalue weighted by molar-refractivity contribution is 7.09. The van der Waals surface area contributed by atoms with E-state index in [0.29, 0.717) is 6.04 Å². The topological polar surface area (TPSA) is 15.3 Å². The van der Waals surface area contributed by atoms with Crippen molar-refractivity contribution in [3.63, 3.8) is 0 Å². The Labute approximate surface area is 115 Å². The summed E-state index contributed by atoms with van der Waals surface area (Å²) in [4.78, 5) is 4.20. The molecule has 2 rings (SSSR count). The first-order chi connectivity index (χ1) is 8.75. The fourth-order valence-corrected chi connectivity index (χ4v) is 2.99. The molecule has 1 saturated carbocycles. The van der Waals surface area contributed by atoms with Crippen LogP contribution >= 0.6 is 11.3 Å². The van der Waals surface area contributed by atoms with Crippen LogP contribution in [-0.2, 0) is 6.54 Å². The van der Waals surface area contributed by atoms with Crippen LogP contribution < -0.4 is 5.32 Å². The Kier molecular flexibility index (Phi) is 5.67. The molecule has 18 heavy (non-hydrogen) atoms. The van der Waals surface area contributed by atoms with Gasteiger partial charge in [-0.3, -0.25) is 4.90 Å². The number of rotatable bonds is 9. The maximum atomic E-state index is 3.49. The molecule has 0 atom stereocenters. The average molecular weight is 266 g/mol. The van der Waals surface area contributed by atoms with Crippen molar-refractivity contribution >= 4 is 11.3 Å². The van der Waals surface area contributed by atoms with E-state index in [0.717, 1.165) is 12.6 Å². The smallest absolute Gasteiger partial charge is 0.0330 e. The van der Waals surface area contributed by atoms with Gasteiger partial charge in [-0.2, -0.15) is 0 Å². The second kappa shape index (κ2) is 7.27. The number of nitrogens with zero attached hydrogens (tertiary/aromatic N) is 1. The number of unbranched alkanes of at least 4 members (excludes halogenated alkanes) is 1. The van der Waals surface area contributed by atoms with Crippen LogP contribution in [0.4, 0.5) is 0 Å². The van der Waals surface area contributed by atoms with Gasteiger partial charge in [-0.15, -0.1) is 11.3 Å². The van der Waals surface area contributed by atoms with Gasteiger partial charge in [0.05, 0.1) is 0 Å². The van der Waals surface area contributed by atoms with Crippen molar-refractivity contribution < 1.29 is 0 Å². The van der Waals surface area contributed by atoms with Crippen LogP contribution in [0.3, 0.4) is 0 Å². The van der Waals surface area contributed by atoms with Gasteiger partial charge in [0, 0.05) is 23.5 Å². The summed E-state index contributed by atoms with van der Waals surface area (Å²) in [5.41, 5.74) is 0. The molecule has 1 N–H and O–H groups in total.